The summed E-state index contributed by atoms with van der Waals surface area (Å²) in [5, 5.41) is 0. The summed E-state index contributed by atoms with van der Waals surface area (Å²) >= 11 is 0. The molecule has 0 radical (unpaired) electrons. The molecule has 0 aliphatic heterocycles. The second-order valence-electron chi connectivity index (χ2n) is 0.469. The summed E-state index contributed by atoms with van der Waals surface area (Å²) in [5.41, 5.74) is 0. The average Bonchev–Trinajstić information content (AvgIpc) is 0.722. The zero-order valence-electron chi connectivity index (χ0n) is 5.50. The maximum atomic E-state index is 8.66. The monoisotopic (exact) mass is 530 g/mol. The Kier molecular flexibility index (Phi) is 55.8. The van der Waals surface area contributed by atoms with Crippen LogP contribution < -0.4 is 229 Å². The van der Waals surface area contributed by atoms with E-state index in [1.165, 1.54) is 0 Å². The van der Waals surface area contributed by atoms with E-state index in [1.807, 2.05) is 0 Å². The van der Waals surface area contributed by atoms with Crippen LogP contribution in [0.25, 0.3) is 0 Å². The van der Waals surface area contributed by atoms with Gasteiger partial charge in [0.1, 0.15) is 0 Å². The molecule has 0 amide bonds. The number of phosphoric acid groups is 1. The fourth-order valence-electron chi connectivity index (χ4n) is 0. The van der Waals surface area contributed by atoms with Crippen LogP contribution in [0.4, 0.5) is 0 Å². The van der Waals surface area contributed by atoms with E-state index in [0.717, 1.165) is 0 Å². The standard InChI is InChI=1S/ClH.3Cs.H3O4P/c;;;;1-5(2,3)4/h1H;;;;(H3,1,2,3,4)/q;3*+1;/p-3. The average molecular weight is 530 g/mol. The summed E-state index contributed by atoms with van der Waals surface area (Å²) < 4.78 is 8.66. The van der Waals surface area contributed by atoms with Crippen LogP contribution in [-0.2, 0) is 4.57 Å². The van der Waals surface area contributed by atoms with Gasteiger partial charge in [-0.25, -0.2) is 0 Å². The Morgan fingerprint density at radius 3 is 1.11 bits per heavy atom. The molecular weight excluding hydrogens is 529 g/mol. The van der Waals surface area contributed by atoms with Crippen molar-refractivity contribution in [3.8, 4) is 0 Å². The molecule has 0 aromatic heterocycles. The van der Waals surface area contributed by atoms with E-state index in [2.05, 4.69) is 0 Å². The van der Waals surface area contributed by atoms with Crippen molar-refractivity contribution in [2.75, 3.05) is 0 Å². The van der Waals surface area contributed by atoms with Crippen LogP contribution in [0.2, 0.25) is 0 Å². The minimum absolute atomic E-state index is 0. The Balaban J connectivity index is -0.0000000133. The van der Waals surface area contributed by atoms with Gasteiger partial charge in [-0.05, 0) is 0 Å². The van der Waals surface area contributed by atoms with Crippen LogP contribution in [0, 0.1) is 0 Å². The quantitative estimate of drug-likeness (QED) is 0.316. The molecule has 0 aromatic rings. The van der Waals surface area contributed by atoms with Crippen LogP contribution >= 0.6 is 7.82 Å². The van der Waals surface area contributed by atoms with Crippen molar-refractivity contribution in [2.45, 2.75) is 0 Å². The molecule has 0 aliphatic rings. The van der Waals surface area contributed by atoms with E-state index >= 15 is 0 Å². The molecule has 40 valence electrons. The van der Waals surface area contributed by atoms with E-state index in [4.69, 9.17) is 19.2 Å². The van der Waals surface area contributed by atoms with E-state index in [1.54, 1.807) is 0 Å². The van der Waals surface area contributed by atoms with E-state index in [9.17, 15) is 0 Å². The van der Waals surface area contributed by atoms with Gasteiger partial charge in [-0.2, -0.15) is 0 Å². The smallest absolute Gasteiger partial charge is 1.00 e. The summed E-state index contributed by atoms with van der Waals surface area (Å²) in [6.45, 7) is 0. The van der Waals surface area contributed by atoms with Gasteiger partial charge >= 0.3 is 207 Å². The SMILES string of the molecule is O=P([O-])([O-])O.[Cl-].[Cs+].[Cs+].[Cs+]. The molecule has 1 N–H and O–H groups in total. The third-order valence-corrected chi connectivity index (χ3v) is 0. The largest absolute Gasteiger partial charge is 1.00 e. The maximum Gasteiger partial charge on any atom is 1.00 e. The zero-order chi connectivity index (χ0) is 4.50. The Hall–Kier alpha value is 6.56. The van der Waals surface area contributed by atoms with Crippen molar-refractivity contribution >= 4 is 7.82 Å². The van der Waals surface area contributed by atoms with Crippen LogP contribution in [-0.4, -0.2) is 4.89 Å². The second kappa shape index (κ2) is 17.0. The van der Waals surface area contributed by atoms with Crippen molar-refractivity contribution in [3.63, 3.8) is 0 Å². The number of halogens is 1. The fourth-order valence-corrected chi connectivity index (χ4v) is 0. The molecule has 0 rings (SSSR count). The maximum absolute atomic E-state index is 8.66. The van der Waals surface area contributed by atoms with Gasteiger partial charge in [-0.3, -0.25) is 0 Å². The van der Waals surface area contributed by atoms with Crippen molar-refractivity contribution in [1.82, 2.24) is 0 Å². The van der Waals surface area contributed by atoms with Gasteiger partial charge in [0.2, 0.25) is 0 Å². The molecule has 9 heteroatoms. The van der Waals surface area contributed by atoms with Crippen molar-refractivity contribution in [3.05, 3.63) is 0 Å². The number of rotatable bonds is 0. The van der Waals surface area contributed by atoms with Gasteiger partial charge in [-0.15, -0.1) is 0 Å². The van der Waals surface area contributed by atoms with Crippen LogP contribution in [0.5, 0.6) is 0 Å². The summed E-state index contributed by atoms with van der Waals surface area (Å²) in [6.07, 6.45) is 0. The third-order valence-electron chi connectivity index (χ3n) is 0. The van der Waals surface area contributed by atoms with Crippen molar-refractivity contribution in [2.24, 2.45) is 0 Å². The summed E-state index contributed by atoms with van der Waals surface area (Å²) in [4.78, 5) is 24.3. The van der Waals surface area contributed by atoms with E-state index in [-0.39, 0.29) is 219 Å². The normalized spacial score (nSPS) is 6.56. The summed E-state index contributed by atoms with van der Waals surface area (Å²) in [5.74, 6) is 0. The Morgan fingerprint density at radius 2 is 1.11 bits per heavy atom. The number of hydrogen-bond acceptors (Lipinski definition) is 3. The molecule has 0 bridgehead atoms. The van der Waals surface area contributed by atoms with Crippen LogP contribution in [0.15, 0.2) is 0 Å². The van der Waals surface area contributed by atoms with E-state index < -0.39 is 7.82 Å². The van der Waals surface area contributed by atoms with Crippen molar-refractivity contribution < 1.29 is 238 Å². The number of hydrogen-bond donors (Lipinski definition) is 1. The predicted molar refractivity (Wildman–Crippen MR) is 9.83 cm³/mol. The van der Waals surface area contributed by atoms with Gasteiger partial charge < -0.3 is 31.7 Å². The van der Waals surface area contributed by atoms with Gasteiger partial charge in [0.05, 0.1) is 7.82 Å². The molecule has 0 aromatic carbocycles. The molecular formula is HClCs3O4P. The summed E-state index contributed by atoms with van der Waals surface area (Å²) in [7, 11) is -5.14. The summed E-state index contributed by atoms with van der Waals surface area (Å²) in [6, 6.07) is 0. The fraction of sp³-hybridized carbons (Fsp3) is 0. The minimum Gasteiger partial charge on any atom is -1.00 e. The molecule has 4 nitrogen and oxygen atoms in total. The first-order valence-corrected chi connectivity index (χ1v) is 2.24. The second-order valence-corrected chi connectivity index (χ2v) is 1.41. The minimum atomic E-state index is -5.14. The third kappa shape index (κ3) is 53.4. The van der Waals surface area contributed by atoms with Crippen molar-refractivity contribution in [1.29, 1.82) is 0 Å². The molecule has 0 aliphatic carbocycles. The molecule has 0 saturated carbocycles. The Labute approximate surface area is 236 Å². The Morgan fingerprint density at radius 1 is 1.11 bits per heavy atom. The Bertz CT molecular complexity index is 61.9. The van der Waals surface area contributed by atoms with Gasteiger partial charge in [0.25, 0.3) is 0 Å². The van der Waals surface area contributed by atoms with Crippen LogP contribution in [0.3, 0.4) is 0 Å². The van der Waals surface area contributed by atoms with Crippen LogP contribution in [0.1, 0.15) is 0 Å². The van der Waals surface area contributed by atoms with Gasteiger partial charge in [0, 0.05) is 0 Å². The first-order valence-electron chi connectivity index (χ1n) is 0.748. The first kappa shape index (κ1) is 29.6. The zero-order valence-corrected chi connectivity index (χ0v) is 26.0. The first-order chi connectivity index (χ1) is 2.00. The van der Waals surface area contributed by atoms with Gasteiger partial charge in [0.15, 0.2) is 0 Å². The molecule has 0 spiro atoms. The molecule has 9 heavy (non-hydrogen) atoms. The molecule has 0 unspecified atom stereocenters. The van der Waals surface area contributed by atoms with E-state index in [0.29, 0.717) is 0 Å². The molecule has 0 fully saturated rings. The predicted octanol–water partition coefficient (Wildman–Crippen LogP) is -14.2. The molecule has 0 heterocycles. The molecule has 0 atom stereocenters. The molecule has 0 saturated heterocycles. The van der Waals surface area contributed by atoms with Gasteiger partial charge in [-0.1, -0.05) is 0 Å². The topological polar surface area (TPSA) is 83.4 Å².